The largest absolute Gasteiger partial charge is 0.324 e. The summed E-state index contributed by atoms with van der Waals surface area (Å²) in [6.07, 6.45) is 0. The monoisotopic (exact) mass is 390 g/mol. The van der Waals surface area contributed by atoms with Gasteiger partial charge >= 0.3 is 0 Å². The highest BCUT2D eigenvalue weighted by Crippen LogP contribution is 2.25. The quantitative estimate of drug-likeness (QED) is 0.640. The van der Waals surface area contributed by atoms with Gasteiger partial charge in [0.25, 0.3) is 5.91 Å². The zero-order valence-corrected chi connectivity index (χ0v) is 15.1. The topological polar surface area (TPSA) is 66.9 Å². The summed E-state index contributed by atoms with van der Waals surface area (Å²) in [5, 5.41) is 6.30. The van der Waals surface area contributed by atoms with Crippen LogP contribution in [0.25, 0.3) is 0 Å². The summed E-state index contributed by atoms with van der Waals surface area (Å²) >= 11 is 11.8. The van der Waals surface area contributed by atoms with Crippen molar-refractivity contribution in [3.63, 3.8) is 0 Å². The third kappa shape index (κ3) is 4.47. The normalized spacial score (nSPS) is 10.5. The summed E-state index contributed by atoms with van der Waals surface area (Å²) in [6.45, 7) is 1.73. The molecule has 3 aromatic rings. The summed E-state index contributed by atoms with van der Waals surface area (Å²) < 4.78 is 13.3. The standard InChI is InChI=1S/C18H13Cl2FN4O/c1-10-7-16(17(26)23-13-5-6-14(19)15(20)9-13)25-18(22-10)24-12-4-2-3-11(21)8-12/h2-9H,1H3,(H,23,26)(H,22,24,25). The van der Waals surface area contributed by atoms with Gasteiger partial charge in [0, 0.05) is 17.1 Å². The Hall–Kier alpha value is -2.70. The van der Waals surface area contributed by atoms with Gasteiger partial charge in [0.05, 0.1) is 10.0 Å². The minimum absolute atomic E-state index is 0.155. The second-order valence-electron chi connectivity index (χ2n) is 5.44. The second-order valence-corrected chi connectivity index (χ2v) is 6.25. The molecule has 0 fully saturated rings. The first-order chi connectivity index (χ1) is 12.4. The van der Waals surface area contributed by atoms with Gasteiger partial charge in [0.1, 0.15) is 11.5 Å². The number of anilines is 3. The van der Waals surface area contributed by atoms with Gasteiger partial charge in [0.15, 0.2) is 0 Å². The lowest BCUT2D eigenvalue weighted by Gasteiger charge is -2.09. The SMILES string of the molecule is Cc1cc(C(=O)Nc2ccc(Cl)c(Cl)c2)nc(Nc2cccc(F)c2)n1. The van der Waals surface area contributed by atoms with E-state index < -0.39 is 5.91 Å². The number of carbonyl (C=O) groups is 1. The summed E-state index contributed by atoms with van der Waals surface area (Å²) in [7, 11) is 0. The molecule has 0 aliphatic rings. The fraction of sp³-hybridized carbons (Fsp3) is 0.0556. The first kappa shape index (κ1) is 18.1. The third-order valence-electron chi connectivity index (χ3n) is 3.35. The lowest BCUT2D eigenvalue weighted by molar-refractivity contribution is 0.102. The fourth-order valence-corrected chi connectivity index (χ4v) is 2.50. The summed E-state index contributed by atoms with van der Waals surface area (Å²) in [5.74, 6) is -0.633. The van der Waals surface area contributed by atoms with Crippen LogP contribution in [0.1, 0.15) is 16.2 Å². The minimum Gasteiger partial charge on any atom is -0.324 e. The highest BCUT2D eigenvalue weighted by molar-refractivity contribution is 6.42. The van der Waals surface area contributed by atoms with Gasteiger partial charge in [-0.3, -0.25) is 4.79 Å². The molecule has 1 aromatic heterocycles. The molecule has 2 aromatic carbocycles. The Balaban J connectivity index is 1.82. The molecule has 0 atom stereocenters. The number of aromatic nitrogens is 2. The van der Waals surface area contributed by atoms with E-state index >= 15 is 0 Å². The predicted molar refractivity (Wildman–Crippen MR) is 101 cm³/mol. The Morgan fingerprint density at radius 2 is 1.81 bits per heavy atom. The van der Waals surface area contributed by atoms with E-state index in [0.29, 0.717) is 27.1 Å². The molecule has 8 heteroatoms. The van der Waals surface area contributed by atoms with Gasteiger partial charge < -0.3 is 10.6 Å². The van der Waals surface area contributed by atoms with Gasteiger partial charge in [-0.25, -0.2) is 14.4 Å². The smallest absolute Gasteiger partial charge is 0.274 e. The maximum atomic E-state index is 13.3. The number of amides is 1. The van der Waals surface area contributed by atoms with Crippen LogP contribution in [0, 0.1) is 12.7 Å². The van der Waals surface area contributed by atoms with Gasteiger partial charge in [-0.2, -0.15) is 0 Å². The number of hydrogen-bond donors (Lipinski definition) is 2. The average molecular weight is 391 g/mol. The molecule has 3 rings (SSSR count). The molecule has 1 amide bonds. The Bertz CT molecular complexity index is 981. The molecule has 2 N–H and O–H groups in total. The van der Waals surface area contributed by atoms with Crippen molar-refractivity contribution in [2.24, 2.45) is 0 Å². The molecule has 0 bridgehead atoms. The predicted octanol–water partition coefficient (Wildman–Crippen LogP) is 5.23. The second kappa shape index (κ2) is 7.68. The van der Waals surface area contributed by atoms with Crippen LogP contribution < -0.4 is 10.6 Å². The van der Waals surface area contributed by atoms with E-state index in [1.54, 1.807) is 43.3 Å². The maximum absolute atomic E-state index is 13.3. The first-order valence-electron chi connectivity index (χ1n) is 7.55. The third-order valence-corrected chi connectivity index (χ3v) is 4.08. The average Bonchev–Trinajstić information content (AvgIpc) is 2.57. The highest BCUT2D eigenvalue weighted by Gasteiger charge is 2.12. The number of benzene rings is 2. The van der Waals surface area contributed by atoms with Crippen LogP contribution in [0.5, 0.6) is 0 Å². The van der Waals surface area contributed by atoms with Crippen LogP contribution in [-0.2, 0) is 0 Å². The molecule has 0 saturated heterocycles. The molecule has 26 heavy (non-hydrogen) atoms. The molecule has 0 radical (unpaired) electrons. The first-order valence-corrected chi connectivity index (χ1v) is 8.31. The van der Waals surface area contributed by atoms with Crippen molar-refractivity contribution in [2.75, 3.05) is 10.6 Å². The van der Waals surface area contributed by atoms with Crippen LogP contribution in [0.3, 0.4) is 0 Å². The van der Waals surface area contributed by atoms with Crippen molar-refractivity contribution < 1.29 is 9.18 Å². The van der Waals surface area contributed by atoms with Crippen LogP contribution in [0.4, 0.5) is 21.7 Å². The van der Waals surface area contributed by atoms with Crippen LogP contribution in [-0.4, -0.2) is 15.9 Å². The van der Waals surface area contributed by atoms with Crippen molar-refractivity contribution >= 4 is 46.4 Å². The Morgan fingerprint density at radius 3 is 2.54 bits per heavy atom. The fourth-order valence-electron chi connectivity index (χ4n) is 2.21. The van der Waals surface area contributed by atoms with Crippen LogP contribution in [0.15, 0.2) is 48.5 Å². The Labute approximate surface area is 159 Å². The maximum Gasteiger partial charge on any atom is 0.274 e. The van der Waals surface area contributed by atoms with Crippen molar-refractivity contribution in [3.05, 3.63) is 75.8 Å². The van der Waals surface area contributed by atoms with Crippen LogP contribution in [0.2, 0.25) is 10.0 Å². The van der Waals surface area contributed by atoms with E-state index in [0.717, 1.165) is 0 Å². The Kier molecular flexibility index (Phi) is 5.35. The zero-order valence-electron chi connectivity index (χ0n) is 13.6. The zero-order chi connectivity index (χ0) is 18.7. The Morgan fingerprint density at radius 1 is 1.00 bits per heavy atom. The number of hydrogen-bond acceptors (Lipinski definition) is 4. The van der Waals surface area contributed by atoms with E-state index in [1.807, 2.05) is 0 Å². The number of nitrogens with zero attached hydrogens (tertiary/aromatic N) is 2. The molecule has 0 saturated carbocycles. The van der Waals surface area contributed by atoms with Crippen molar-refractivity contribution in [3.8, 4) is 0 Å². The molecule has 0 spiro atoms. The number of rotatable bonds is 4. The van der Waals surface area contributed by atoms with E-state index in [-0.39, 0.29) is 17.5 Å². The highest BCUT2D eigenvalue weighted by atomic mass is 35.5. The van der Waals surface area contributed by atoms with E-state index in [4.69, 9.17) is 23.2 Å². The van der Waals surface area contributed by atoms with Gasteiger partial charge in [-0.15, -0.1) is 0 Å². The molecule has 0 unspecified atom stereocenters. The van der Waals surface area contributed by atoms with Crippen molar-refractivity contribution in [1.29, 1.82) is 0 Å². The summed E-state index contributed by atoms with van der Waals surface area (Å²) in [6, 6.07) is 12.2. The minimum atomic E-state index is -0.434. The molecule has 5 nitrogen and oxygen atoms in total. The van der Waals surface area contributed by atoms with E-state index in [9.17, 15) is 9.18 Å². The molecular formula is C18H13Cl2FN4O. The van der Waals surface area contributed by atoms with Crippen molar-refractivity contribution in [2.45, 2.75) is 6.92 Å². The van der Waals surface area contributed by atoms with Gasteiger partial charge in [-0.05, 0) is 49.4 Å². The number of halogens is 3. The number of nitrogens with one attached hydrogen (secondary N) is 2. The molecule has 1 heterocycles. The number of carbonyl (C=O) groups excluding carboxylic acids is 1. The lowest BCUT2D eigenvalue weighted by Crippen LogP contribution is -2.15. The van der Waals surface area contributed by atoms with E-state index in [1.165, 1.54) is 12.1 Å². The molecular weight excluding hydrogens is 378 g/mol. The molecule has 0 aliphatic carbocycles. The van der Waals surface area contributed by atoms with E-state index in [2.05, 4.69) is 20.6 Å². The molecule has 132 valence electrons. The molecule has 0 aliphatic heterocycles. The van der Waals surface area contributed by atoms with Gasteiger partial charge in [0.2, 0.25) is 5.95 Å². The summed E-state index contributed by atoms with van der Waals surface area (Å²) in [4.78, 5) is 20.8. The number of aryl methyl sites for hydroxylation is 1. The van der Waals surface area contributed by atoms with Gasteiger partial charge in [-0.1, -0.05) is 29.3 Å². The lowest BCUT2D eigenvalue weighted by atomic mass is 10.2. The van der Waals surface area contributed by atoms with Crippen molar-refractivity contribution in [1.82, 2.24) is 9.97 Å². The summed E-state index contributed by atoms with van der Waals surface area (Å²) in [5.41, 5.74) is 1.70. The van der Waals surface area contributed by atoms with Crippen LogP contribution >= 0.6 is 23.2 Å².